The maximum Gasteiger partial charge on any atom is 0.310 e. The van der Waals surface area contributed by atoms with Crippen molar-refractivity contribution in [2.24, 2.45) is 5.41 Å². The zero-order chi connectivity index (χ0) is 13.7. The Morgan fingerprint density at radius 3 is 2.58 bits per heavy atom. The molecule has 108 valence electrons. The standard InChI is InChI=1S/C14H23NO4/c16-12(15-8-5-11-4-3-9-19-11)10-14(13(17)18)6-1-2-7-14/h11H,1-10H2,(H,15,16)(H,17,18). The van der Waals surface area contributed by atoms with Gasteiger partial charge in [0.05, 0.1) is 11.5 Å². The summed E-state index contributed by atoms with van der Waals surface area (Å²) in [6.45, 7) is 1.40. The Labute approximate surface area is 113 Å². The predicted molar refractivity (Wildman–Crippen MR) is 69.8 cm³/mol. The van der Waals surface area contributed by atoms with Gasteiger partial charge in [-0.15, -0.1) is 0 Å². The molecule has 0 bridgehead atoms. The first-order chi connectivity index (χ1) is 9.12. The smallest absolute Gasteiger partial charge is 0.310 e. The van der Waals surface area contributed by atoms with Gasteiger partial charge in [0.25, 0.3) is 0 Å². The zero-order valence-corrected chi connectivity index (χ0v) is 11.3. The lowest BCUT2D eigenvalue weighted by molar-refractivity contribution is -0.151. The number of carbonyl (C=O) groups excluding carboxylic acids is 1. The highest BCUT2D eigenvalue weighted by atomic mass is 16.5. The first-order valence-corrected chi connectivity index (χ1v) is 7.24. The lowest BCUT2D eigenvalue weighted by Crippen LogP contribution is -2.36. The predicted octanol–water partition coefficient (Wildman–Crippen LogP) is 1.71. The minimum absolute atomic E-state index is 0.119. The van der Waals surface area contributed by atoms with E-state index in [0.29, 0.717) is 19.4 Å². The number of carbonyl (C=O) groups is 2. The molecule has 1 amide bonds. The van der Waals surface area contributed by atoms with Gasteiger partial charge in [0.1, 0.15) is 0 Å². The van der Waals surface area contributed by atoms with Gasteiger partial charge in [-0.3, -0.25) is 9.59 Å². The Hall–Kier alpha value is -1.10. The first-order valence-electron chi connectivity index (χ1n) is 7.24. The van der Waals surface area contributed by atoms with Crippen LogP contribution in [0.2, 0.25) is 0 Å². The summed E-state index contributed by atoms with van der Waals surface area (Å²) in [5.41, 5.74) is -0.812. The Morgan fingerprint density at radius 1 is 1.26 bits per heavy atom. The second-order valence-electron chi connectivity index (χ2n) is 5.74. The van der Waals surface area contributed by atoms with Crippen LogP contribution in [0.5, 0.6) is 0 Å². The van der Waals surface area contributed by atoms with E-state index in [1.165, 1.54) is 0 Å². The second-order valence-corrected chi connectivity index (χ2v) is 5.74. The van der Waals surface area contributed by atoms with Crippen LogP contribution in [0.15, 0.2) is 0 Å². The van der Waals surface area contributed by atoms with Gasteiger partial charge in [-0.1, -0.05) is 12.8 Å². The number of nitrogens with one attached hydrogen (secondary N) is 1. The zero-order valence-electron chi connectivity index (χ0n) is 11.3. The van der Waals surface area contributed by atoms with E-state index in [9.17, 15) is 14.7 Å². The number of hydrogen-bond donors (Lipinski definition) is 2. The Morgan fingerprint density at radius 2 is 2.00 bits per heavy atom. The molecule has 0 aromatic carbocycles. The molecule has 1 unspecified atom stereocenters. The molecule has 1 aliphatic carbocycles. The fraction of sp³-hybridized carbons (Fsp3) is 0.857. The molecule has 2 N–H and O–H groups in total. The monoisotopic (exact) mass is 269 g/mol. The van der Waals surface area contributed by atoms with E-state index >= 15 is 0 Å². The molecule has 2 rings (SSSR count). The molecular weight excluding hydrogens is 246 g/mol. The molecule has 0 radical (unpaired) electrons. The minimum atomic E-state index is -0.820. The first kappa shape index (κ1) is 14.3. The average molecular weight is 269 g/mol. The Bertz CT molecular complexity index is 330. The maximum atomic E-state index is 11.9. The number of rotatable bonds is 6. The molecule has 2 fully saturated rings. The second kappa shape index (κ2) is 6.37. The summed E-state index contributed by atoms with van der Waals surface area (Å²) in [5, 5.41) is 12.1. The number of amides is 1. The third kappa shape index (κ3) is 3.69. The van der Waals surface area contributed by atoms with Crippen molar-refractivity contribution >= 4 is 11.9 Å². The fourth-order valence-electron chi connectivity index (χ4n) is 3.13. The van der Waals surface area contributed by atoms with Gasteiger partial charge in [0, 0.05) is 19.6 Å². The molecule has 5 nitrogen and oxygen atoms in total. The van der Waals surface area contributed by atoms with E-state index in [1.807, 2.05) is 0 Å². The number of hydrogen-bond acceptors (Lipinski definition) is 3. The molecule has 0 aromatic rings. The van der Waals surface area contributed by atoms with Crippen molar-refractivity contribution in [3.8, 4) is 0 Å². The van der Waals surface area contributed by atoms with Gasteiger partial charge in [-0.05, 0) is 32.1 Å². The van der Waals surface area contributed by atoms with Gasteiger partial charge in [-0.25, -0.2) is 0 Å². The highest BCUT2D eigenvalue weighted by Gasteiger charge is 2.42. The van der Waals surface area contributed by atoms with Crippen LogP contribution >= 0.6 is 0 Å². The van der Waals surface area contributed by atoms with E-state index in [0.717, 1.165) is 38.7 Å². The van der Waals surface area contributed by atoms with Gasteiger partial charge >= 0.3 is 5.97 Å². The summed E-state index contributed by atoms with van der Waals surface area (Å²) in [6, 6.07) is 0. The van der Waals surface area contributed by atoms with E-state index < -0.39 is 11.4 Å². The summed E-state index contributed by atoms with van der Waals surface area (Å²) in [7, 11) is 0. The molecule has 1 saturated carbocycles. The average Bonchev–Trinajstić information content (AvgIpc) is 3.00. The Kier molecular flexibility index (Phi) is 4.80. The van der Waals surface area contributed by atoms with Crippen molar-refractivity contribution in [2.45, 2.75) is 57.5 Å². The van der Waals surface area contributed by atoms with Gasteiger partial charge < -0.3 is 15.2 Å². The van der Waals surface area contributed by atoms with Crippen LogP contribution in [-0.4, -0.2) is 36.2 Å². The molecule has 1 saturated heterocycles. The van der Waals surface area contributed by atoms with Crippen molar-refractivity contribution in [3.05, 3.63) is 0 Å². The van der Waals surface area contributed by atoms with Crippen molar-refractivity contribution in [1.82, 2.24) is 5.32 Å². The van der Waals surface area contributed by atoms with Crippen LogP contribution in [0.3, 0.4) is 0 Å². The highest BCUT2D eigenvalue weighted by molar-refractivity contribution is 5.85. The van der Waals surface area contributed by atoms with Gasteiger partial charge in [0.2, 0.25) is 5.91 Å². The molecule has 2 aliphatic rings. The van der Waals surface area contributed by atoms with E-state index in [2.05, 4.69) is 5.32 Å². The largest absolute Gasteiger partial charge is 0.481 e. The van der Waals surface area contributed by atoms with Crippen LogP contribution in [0, 0.1) is 5.41 Å². The third-order valence-corrected chi connectivity index (χ3v) is 4.33. The van der Waals surface area contributed by atoms with Gasteiger partial charge in [-0.2, -0.15) is 0 Å². The number of ether oxygens (including phenoxy) is 1. The highest BCUT2D eigenvalue weighted by Crippen LogP contribution is 2.41. The van der Waals surface area contributed by atoms with Crippen molar-refractivity contribution in [1.29, 1.82) is 0 Å². The molecule has 1 aliphatic heterocycles. The molecule has 5 heteroatoms. The molecule has 1 atom stereocenters. The van der Waals surface area contributed by atoms with Crippen LogP contribution in [0.25, 0.3) is 0 Å². The summed E-state index contributed by atoms with van der Waals surface area (Å²) < 4.78 is 5.48. The number of aliphatic carboxylic acids is 1. The summed E-state index contributed by atoms with van der Waals surface area (Å²) in [6.07, 6.45) is 6.45. The van der Waals surface area contributed by atoms with E-state index in [4.69, 9.17) is 4.74 Å². The van der Waals surface area contributed by atoms with Crippen LogP contribution in [0.1, 0.15) is 51.4 Å². The lowest BCUT2D eigenvalue weighted by atomic mass is 9.82. The summed E-state index contributed by atoms with van der Waals surface area (Å²) in [5.74, 6) is -0.957. The quantitative estimate of drug-likeness (QED) is 0.769. The molecule has 0 aromatic heterocycles. The third-order valence-electron chi connectivity index (χ3n) is 4.33. The minimum Gasteiger partial charge on any atom is -0.481 e. The maximum absolute atomic E-state index is 11.9. The summed E-state index contributed by atoms with van der Waals surface area (Å²) in [4.78, 5) is 23.2. The van der Waals surface area contributed by atoms with Crippen LogP contribution < -0.4 is 5.32 Å². The molecule has 1 heterocycles. The van der Waals surface area contributed by atoms with Crippen LogP contribution in [0.4, 0.5) is 0 Å². The SMILES string of the molecule is O=C(CC1(C(=O)O)CCCC1)NCCC1CCCO1. The van der Waals surface area contributed by atoms with Crippen LogP contribution in [-0.2, 0) is 14.3 Å². The number of carboxylic acid groups (broad SMARTS) is 1. The fourth-order valence-corrected chi connectivity index (χ4v) is 3.13. The molecule has 0 spiro atoms. The molecular formula is C14H23NO4. The summed E-state index contributed by atoms with van der Waals surface area (Å²) >= 11 is 0. The lowest BCUT2D eigenvalue weighted by Gasteiger charge is -2.23. The number of carboxylic acids is 1. The van der Waals surface area contributed by atoms with Crippen molar-refractivity contribution in [3.63, 3.8) is 0 Å². The van der Waals surface area contributed by atoms with Crippen molar-refractivity contribution in [2.75, 3.05) is 13.2 Å². The van der Waals surface area contributed by atoms with E-state index in [1.54, 1.807) is 0 Å². The van der Waals surface area contributed by atoms with Gasteiger partial charge in [0.15, 0.2) is 0 Å². The molecule has 19 heavy (non-hydrogen) atoms. The van der Waals surface area contributed by atoms with Crippen molar-refractivity contribution < 1.29 is 19.4 Å². The normalized spacial score (nSPS) is 25.4. The Balaban J connectivity index is 1.72. The topological polar surface area (TPSA) is 75.6 Å². The van der Waals surface area contributed by atoms with E-state index in [-0.39, 0.29) is 18.4 Å².